The lowest BCUT2D eigenvalue weighted by molar-refractivity contribution is 0.505. The van der Waals surface area contributed by atoms with Crippen molar-refractivity contribution in [2.24, 2.45) is 0 Å². The topological polar surface area (TPSA) is 46.9 Å². The molecule has 4 heteroatoms. The Morgan fingerprint density at radius 2 is 1.86 bits per heavy atom. The lowest BCUT2D eigenvalue weighted by Gasteiger charge is -2.12. The number of fused-ring (bicyclic) bond motifs is 1. The van der Waals surface area contributed by atoms with Crippen LogP contribution in [0.5, 0.6) is 0 Å². The summed E-state index contributed by atoms with van der Waals surface area (Å²) in [5, 5.41) is 7.93. The normalized spacial score (nSPS) is 14.8. The molecular formula is C17H21N3O. The van der Waals surface area contributed by atoms with Crippen molar-refractivity contribution in [1.82, 2.24) is 15.1 Å². The quantitative estimate of drug-likeness (QED) is 0.919. The molecule has 3 rings (SSSR count). The Bertz CT molecular complexity index is 703. The van der Waals surface area contributed by atoms with E-state index in [4.69, 9.17) is 0 Å². The largest absolute Gasteiger partial charge is 0.316 e. The van der Waals surface area contributed by atoms with Crippen molar-refractivity contribution < 1.29 is 0 Å². The van der Waals surface area contributed by atoms with E-state index in [1.165, 1.54) is 11.1 Å². The molecule has 1 aromatic carbocycles. The molecule has 1 aliphatic heterocycles. The molecule has 1 aliphatic rings. The summed E-state index contributed by atoms with van der Waals surface area (Å²) in [6.07, 6.45) is 2.13. The van der Waals surface area contributed by atoms with Crippen molar-refractivity contribution in [1.29, 1.82) is 0 Å². The summed E-state index contributed by atoms with van der Waals surface area (Å²) in [6.45, 7) is 6.01. The first-order valence-corrected chi connectivity index (χ1v) is 7.58. The molecule has 0 aliphatic carbocycles. The van der Waals surface area contributed by atoms with Crippen LogP contribution < -0.4 is 10.9 Å². The van der Waals surface area contributed by atoms with E-state index in [2.05, 4.69) is 28.6 Å². The number of nitrogens with zero attached hydrogens (tertiary/aromatic N) is 2. The van der Waals surface area contributed by atoms with Gasteiger partial charge in [-0.3, -0.25) is 4.79 Å². The maximum absolute atomic E-state index is 11.8. The van der Waals surface area contributed by atoms with Crippen LogP contribution in [-0.2, 0) is 12.8 Å². The molecular weight excluding hydrogens is 262 g/mol. The van der Waals surface area contributed by atoms with Crippen LogP contribution >= 0.6 is 0 Å². The van der Waals surface area contributed by atoms with Gasteiger partial charge in [0.05, 0.1) is 11.7 Å². The van der Waals surface area contributed by atoms with Gasteiger partial charge in [-0.25, -0.2) is 4.68 Å². The molecule has 1 N–H and O–H groups in total. The molecule has 21 heavy (non-hydrogen) atoms. The van der Waals surface area contributed by atoms with E-state index in [0.717, 1.165) is 37.2 Å². The van der Waals surface area contributed by atoms with Crippen LogP contribution in [0.3, 0.4) is 0 Å². The minimum absolute atomic E-state index is 0.0484. The summed E-state index contributed by atoms with van der Waals surface area (Å²) in [5.74, 6) is 0. The summed E-state index contributed by atoms with van der Waals surface area (Å²) < 4.78 is 1.54. The van der Waals surface area contributed by atoms with Crippen molar-refractivity contribution in [3.8, 4) is 11.3 Å². The predicted molar refractivity (Wildman–Crippen MR) is 84.6 cm³/mol. The van der Waals surface area contributed by atoms with Crippen molar-refractivity contribution >= 4 is 0 Å². The van der Waals surface area contributed by atoms with Crippen molar-refractivity contribution in [3.05, 3.63) is 51.8 Å². The van der Waals surface area contributed by atoms with Gasteiger partial charge in [-0.2, -0.15) is 5.10 Å². The molecule has 0 bridgehead atoms. The molecule has 0 atom stereocenters. The number of nitrogens with one attached hydrogen (secondary N) is 1. The molecule has 0 spiro atoms. The van der Waals surface area contributed by atoms with E-state index in [-0.39, 0.29) is 11.6 Å². The van der Waals surface area contributed by atoms with E-state index in [9.17, 15) is 4.79 Å². The van der Waals surface area contributed by atoms with Crippen LogP contribution in [0.25, 0.3) is 11.3 Å². The highest BCUT2D eigenvalue weighted by Crippen LogP contribution is 2.22. The first kappa shape index (κ1) is 14.0. The average molecular weight is 283 g/mol. The summed E-state index contributed by atoms with van der Waals surface area (Å²) in [7, 11) is 0. The molecule has 110 valence electrons. The number of aromatic nitrogens is 2. The van der Waals surface area contributed by atoms with Gasteiger partial charge in [-0.1, -0.05) is 12.1 Å². The van der Waals surface area contributed by atoms with Crippen molar-refractivity contribution in [2.45, 2.75) is 32.7 Å². The summed E-state index contributed by atoms with van der Waals surface area (Å²) >= 11 is 0. The van der Waals surface area contributed by atoms with Crippen LogP contribution in [-0.4, -0.2) is 22.9 Å². The highest BCUT2D eigenvalue weighted by Gasteiger charge is 2.11. The first-order chi connectivity index (χ1) is 10.1. The monoisotopic (exact) mass is 283 g/mol. The smallest absolute Gasteiger partial charge is 0.267 e. The second-order valence-corrected chi connectivity index (χ2v) is 5.83. The van der Waals surface area contributed by atoms with E-state index in [0.29, 0.717) is 0 Å². The molecule has 4 nitrogen and oxygen atoms in total. The third-order valence-corrected chi connectivity index (χ3v) is 3.96. The van der Waals surface area contributed by atoms with Gasteiger partial charge in [0.2, 0.25) is 0 Å². The number of benzene rings is 1. The van der Waals surface area contributed by atoms with E-state index >= 15 is 0 Å². The molecule has 1 aromatic heterocycles. The Kier molecular flexibility index (Phi) is 3.88. The Balaban J connectivity index is 2.03. The van der Waals surface area contributed by atoms with Crippen molar-refractivity contribution in [2.75, 3.05) is 13.1 Å². The molecule has 0 fully saturated rings. The fourth-order valence-corrected chi connectivity index (χ4v) is 2.78. The van der Waals surface area contributed by atoms with Crippen molar-refractivity contribution in [3.63, 3.8) is 0 Å². The summed E-state index contributed by atoms with van der Waals surface area (Å²) in [4.78, 5) is 11.8. The third kappa shape index (κ3) is 2.90. The Morgan fingerprint density at radius 1 is 1.10 bits per heavy atom. The van der Waals surface area contributed by atoms with Gasteiger partial charge in [0, 0.05) is 11.6 Å². The van der Waals surface area contributed by atoms with Crippen LogP contribution in [0.4, 0.5) is 0 Å². The number of hydrogen-bond acceptors (Lipinski definition) is 3. The van der Waals surface area contributed by atoms with Crippen LogP contribution in [0, 0.1) is 0 Å². The average Bonchev–Trinajstić information content (AvgIpc) is 2.72. The van der Waals surface area contributed by atoms with Gasteiger partial charge in [-0.05, 0) is 63.0 Å². The summed E-state index contributed by atoms with van der Waals surface area (Å²) in [6, 6.07) is 10.0. The zero-order chi connectivity index (χ0) is 14.8. The fraction of sp³-hybridized carbons (Fsp3) is 0.412. The lowest BCUT2D eigenvalue weighted by atomic mass is 9.99. The Morgan fingerprint density at radius 3 is 2.62 bits per heavy atom. The third-order valence-electron chi connectivity index (χ3n) is 3.96. The second kappa shape index (κ2) is 5.82. The molecule has 0 radical (unpaired) electrons. The Hall–Kier alpha value is -1.94. The zero-order valence-corrected chi connectivity index (χ0v) is 12.6. The second-order valence-electron chi connectivity index (χ2n) is 5.83. The number of rotatable bonds is 2. The van der Waals surface area contributed by atoms with Gasteiger partial charge in [0.25, 0.3) is 5.56 Å². The maximum atomic E-state index is 11.8. The fourth-order valence-electron chi connectivity index (χ4n) is 2.78. The minimum Gasteiger partial charge on any atom is -0.316 e. The van der Waals surface area contributed by atoms with E-state index in [1.807, 2.05) is 19.9 Å². The van der Waals surface area contributed by atoms with E-state index in [1.54, 1.807) is 10.7 Å². The molecule has 0 saturated heterocycles. The minimum atomic E-state index is -0.0484. The molecule has 2 heterocycles. The van der Waals surface area contributed by atoms with Gasteiger partial charge < -0.3 is 5.32 Å². The highest BCUT2D eigenvalue weighted by atomic mass is 16.1. The molecule has 2 aromatic rings. The van der Waals surface area contributed by atoms with Gasteiger partial charge in [-0.15, -0.1) is 0 Å². The SMILES string of the molecule is CC(C)n1nc(-c2ccc3c(c2)CCNCC3)ccc1=O. The molecule has 0 saturated carbocycles. The Labute approximate surface area is 124 Å². The standard InChI is InChI=1S/C17H21N3O/c1-12(2)20-17(21)6-5-16(19-20)15-4-3-13-7-9-18-10-8-14(13)11-15/h3-6,11-12,18H,7-10H2,1-2H3. The highest BCUT2D eigenvalue weighted by molar-refractivity contribution is 5.60. The lowest BCUT2D eigenvalue weighted by Crippen LogP contribution is -2.23. The zero-order valence-electron chi connectivity index (χ0n) is 12.6. The number of hydrogen-bond donors (Lipinski definition) is 1. The predicted octanol–water partition coefficient (Wildman–Crippen LogP) is 2.18. The van der Waals surface area contributed by atoms with Crippen LogP contribution in [0.1, 0.15) is 31.0 Å². The van der Waals surface area contributed by atoms with Crippen LogP contribution in [0.2, 0.25) is 0 Å². The van der Waals surface area contributed by atoms with Gasteiger partial charge in [0.15, 0.2) is 0 Å². The first-order valence-electron chi connectivity index (χ1n) is 7.58. The maximum Gasteiger partial charge on any atom is 0.267 e. The molecule has 0 unspecified atom stereocenters. The van der Waals surface area contributed by atoms with Gasteiger partial charge >= 0.3 is 0 Å². The van der Waals surface area contributed by atoms with Crippen LogP contribution in [0.15, 0.2) is 35.1 Å². The molecule has 0 amide bonds. The van der Waals surface area contributed by atoms with Gasteiger partial charge in [0.1, 0.15) is 0 Å². The van der Waals surface area contributed by atoms with E-state index < -0.39 is 0 Å². The summed E-state index contributed by atoms with van der Waals surface area (Å²) in [5.41, 5.74) is 4.71.